The van der Waals surface area contributed by atoms with Gasteiger partial charge in [-0.25, -0.2) is 0 Å². The monoisotopic (exact) mass is 262 g/mol. The normalized spacial score (nSPS) is 18.8. The van der Waals surface area contributed by atoms with Gasteiger partial charge in [0.25, 0.3) is 0 Å². The molecule has 0 radical (unpaired) electrons. The van der Waals surface area contributed by atoms with E-state index in [0.29, 0.717) is 35.7 Å². The van der Waals surface area contributed by atoms with Crippen molar-refractivity contribution in [2.75, 3.05) is 24.3 Å². The first-order valence-corrected chi connectivity index (χ1v) is 6.32. The highest BCUT2D eigenvalue weighted by Crippen LogP contribution is 2.31. The van der Waals surface area contributed by atoms with E-state index in [1.807, 2.05) is 0 Å². The highest BCUT2D eigenvalue weighted by Gasteiger charge is 2.31. The van der Waals surface area contributed by atoms with Crippen molar-refractivity contribution in [3.05, 3.63) is 23.8 Å². The number of rotatable bonds is 3. The maximum absolute atomic E-state index is 12.0. The molecule has 1 aromatic rings. The van der Waals surface area contributed by atoms with Crippen molar-refractivity contribution in [1.29, 1.82) is 5.26 Å². The van der Waals surface area contributed by atoms with Gasteiger partial charge in [0.2, 0.25) is 5.91 Å². The molecule has 1 fully saturated rings. The van der Waals surface area contributed by atoms with Crippen LogP contribution in [0.3, 0.4) is 0 Å². The molecule has 0 N–H and O–H groups in total. The standard InChI is InChI=1S/C13H14N2O2S/c1-17-11-3-2-10(6-14)12(5-11)15-7-9(8-18)4-13(15)16/h2-3,5,9,18H,4,7-8H2,1H3. The van der Waals surface area contributed by atoms with Crippen LogP contribution in [0.1, 0.15) is 12.0 Å². The maximum atomic E-state index is 12.0. The summed E-state index contributed by atoms with van der Waals surface area (Å²) in [5.74, 6) is 1.61. The van der Waals surface area contributed by atoms with Gasteiger partial charge in [-0.2, -0.15) is 17.9 Å². The number of thiol groups is 1. The third kappa shape index (κ3) is 2.29. The van der Waals surface area contributed by atoms with E-state index < -0.39 is 0 Å². The first-order chi connectivity index (χ1) is 8.69. The molecule has 1 unspecified atom stereocenters. The van der Waals surface area contributed by atoms with E-state index in [2.05, 4.69) is 18.7 Å². The average molecular weight is 262 g/mol. The molecule has 1 heterocycles. The smallest absolute Gasteiger partial charge is 0.227 e. The molecule has 1 saturated heterocycles. The van der Waals surface area contributed by atoms with Crippen LogP contribution in [0.15, 0.2) is 18.2 Å². The van der Waals surface area contributed by atoms with Crippen LogP contribution >= 0.6 is 12.6 Å². The predicted octanol–water partition coefficient (Wildman–Crippen LogP) is 1.85. The van der Waals surface area contributed by atoms with Gasteiger partial charge in [0, 0.05) is 19.0 Å². The van der Waals surface area contributed by atoms with Crippen LogP contribution in [0.5, 0.6) is 5.75 Å². The summed E-state index contributed by atoms with van der Waals surface area (Å²) in [6.07, 6.45) is 0.492. The molecular formula is C13H14N2O2S. The molecular weight excluding hydrogens is 248 g/mol. The fourth-order valence-electron chi connectivity index (χ4n) is 2.09. The highest BCUT2D eigenvalue weighted by atomic mass is 32.1. The number of benzene rings is 1. The van der Waals surface area contributed by atoms with Gasteiger partial charge in [-0.1, -0.05) is 0 Å². The van der Waals surface area contributed by atoms with Crippen LogP contribution in [0.2, 0.25) is 0 Å². The molecule has 4 nitrogen and oxygen atoms in total. The third-order valence-electron chi connectivity index (χ3n) is 3.08. The number of amides is 1. The van der Waals surface area contributed by atoms with Crippen molar-refractivity contribution < 1.29 is 9.53 Å². The lowest BCUT2D eigenvalue weighted by Gasteiger charge is -2.18. The lowest BCUT2D eigenvalue weighted by atomic mass is 10.1. The molecule has 1 amide bonds. The quantitative estimate of drug-likeness (QED) is 0.846. The third-order valence-corrected chi connectivity index (χ3v) is 3.60. The van der Waals surface area contributed by atoms with Gasteiger partial charge < -0.3 is 9.64 Å². The second kappa shape index (κ2) is 5.32. The Labute approximate surface area is 112 Å². The minimum absolute atomic E-state index is 0.0406. The largest absolute Gasteiger partial charge is 0.497 e. The number of carbonyl (C=O) groups is 1. The van der Waals surface area contributed by atoms with Gasteiger partial charge in [-0.05, 0) is 23.8 Å². The van der Waals surface area contributed by atoms with Crippen molar-refractivity contribution in [3.8, 4) is 11.8 Å². The molecule has 1 aromatic carbocycles. The molecule has 1 aliphatic rings. The van der Waals surface area contributed by atoms with Crippen molar-refractivity contribution in [3.63, 3.8) is 0 Å². The van der Waals surface area contributed by atoms with E-state index in [-0.39, 0.29) is 11.8 Å². The van der Waals surface area contributed by atoms with Gasteiger partial charge in [0.05, 0.1) is 18.4 Å². The second-order valence-electron chi connectivity index (χ2n) is 4.25. The van der Waals surface area contributed by atoms with Crippen molar-refractivity contribution in [2.45, 2.75) is 6.42 Å². The van der Waals surface area contributed by atoms with E-state index >= 15 is 0 Å². The Hall–Kier alpha value is -1.67. The van der Waals surface area contributed by atoms with Crippen LogP contribution in [-0.4, -0.2) is 25.3 Å². The van der Waals surface area contributed by atoms with Crippen LogP contribution in [0.25, 0.3) is 0 Å². The molecule has 0 bridgehead atoms. The zero-order chi connectivity index (χ0) is 13.1. The zero-order valence-electron chi connectivity index (χ0n) is 10.1. The van der Waals surface area contributed by atoms with Crippen LogP contribution < -0.4 is 9.64 Å². The number of hydrogen-bond acceptors (Lipinski definition) is 4. The maximum Gasteiger partial charge on any atom is 0.227 e. The molecule has 0 aliphatic carbocycles. The molecule has 1 aliphatic heterocycles. The molecule has 0 spiro atoms. The van der Waals surface area contributed by atoms with Gasteiger partial charge in [0.15, 0.2) is 0 Å². The topological polar surface area (TPSA) is 53.3 Å². The summed E-state index contributed by atoms with van der Waals surface area (Å²) in [6.45, 7) is 0.615. The number of ether oxygens (including phenoxy) is 1. The van der Waals surface area contributed by atoms with Gasteiger partial charge in [-0.15, -0.1) is 0 Å². The fourth-order valence-corrected chi connectivity index (χ4v) is 2.34. The number of methoxy groups -OCH3 is 1. The number of nitrogens with zero attached hydrogens (tertiary/aromatic N) is 2. The van der Waals surface area contributed by atoms with E-state index in [1.165, 1.54) is 0 Å². The Morgan fingerprint density at radius 2 is 2.39 bits per heavy atom. The Morgan fingerprint density at radius 3 is 2.94 bits per heavy atom. The number of carbonyl (C=O) groups excluding carboxylic acids is 1. The predicted molar refractivity (Wildman–Crippen MR) is 72.0 cm³/mol. The SMILES string of the molecule is COc1ccc(C#N)c(N2CC(CS)CC2=O)c1. The van der Waals surface area contributed by atoms with E-state index in [0.717, 1.165) is 0 Å². The summed E-state index contributed by atoms with van der Waals surface area (Å²) in [4.78, 5) is 13.6. The molecule has 94 valence electrons. The van der Waals surface area contributed by atoms with Gasteiger partial charge in [0.1, 0.15) is 11.8 Å². The molecule has 0 aromatic heterocycles. The molecule has 18 heavy (non-hydrogen) atoms. The number of hydrogen-bond donors (Lipinski definition) is 1. The second-order valence-corrected chi connectivity index (χ2v) is 4.62. The highest BCUT2D eigenvalue weighted by molar-refractivity contribution is 7.80. The summed E-state index contributed by atoms with van der Waals surface area (Å²) < 4.78 is 5.14. The first-order valence-electron chi connectivity index (χ1n) is 5.69. The van der Waals surface area contributed by atoms with E-state index in [1.54, 1.807) is 30.2 Å². The Bertz CT molecular complexity index is 510. The minimum atomic E-state index is 0.0406. The lowest BCUT2D eigenvalue weighted by Crippen LogP contribution is -2.25. The van der Waals surface area contributed by atoms with E-state index in [4.69, 9.17) is 10.00 Å². The Morgan fingerprint density at radius 1 is 1.61 bits per heavy atom. The van der Waals surface area contributed by atoms with Gasteiger partial charge in [-0.3, -0.25) is 4.79 Å². The molecule has 5 heteroatoms. The summed E-state index contributed by atoms with van der Waals surface area (Å²) in [5, 5.41) is 9.11. The molecule has 2 rings (SSSR count). The summed E-state index contributed by atoms with van der Waals surface area (Å²) in [7, 11) is 1.56. The first kappa shape index (κ1) is 12.8. The van der Waals surface area contributed by atoms with E-state index in [9.17, 15) is 4.79 Å². The summed E-state index contributed by atoms with van der Waals surface area (Å²) >= 11 is 4.23. The molecule has 1 atom stereocenters. The van der Waals surface area contributed by atoms with Crippen LogP contribution in [0.4, 0.5) is 5.69 Å². The number of nitriles is 1. The minimum Gasteiger partial charge on any atom is -0.497 e. The van der Waals surface area contributed by atoms with Crippen LogP contribution in [-0.2, 0) is 4.79 Å². The van der Waals surface area contributed by atoms with Gasteiger partial charge >= 0.3 is 0 Å². The fraction of sp³-hybridized carbons (Fsp3) is 0.385. The lowest BCUT2D eigenvalue weighted by molar-refractivity contribution is -0.117. The van der Waals surface area contributed by atoms with Crippen molar-refractivity contribution >= 4 is 24.2 Å². The Balaban J connectivity index is 2.38. The average Bonchev–Trinajstić information content (AvgIpc) is 2.79. The summed E-state index contributed by atoms with van der Waals surface area (Å²) in [5.41, 5.74) is 1.12. The van der Waals surface area contributed by atoms with Crippen molar-refractivity contribution in [2.24, 2.45) is 5.92 Å². The Kier molecular flexibility index (Phi) is 3.78. The summed E-state index contributed by atoms with van der Waals surface area (Å²) in [6, 6.07) is 7.24. The van der Waals surface area contributed by atoms with Crippen LogP contribution in [0, 0.1) is 17.2 Å². The zero-order valence-corrected chi connectivity index (χ0v) is 11.0. The number of anilines is 1. The molecule has 0 saturated carbocycles. The van der Waals surface area contributed by atoms with Crippen molar-refractivity contribution in [1.82, 2.24) is 0 Å².